The Morgan fingerprint density at radius 3 is 2.80 bits per heavy atom. The normalized spacial score (nSPS) is 23.1. The number of hydrogen-bond donors (Lipinski definition) is 2. The molecule has 2 rings (SSSR count). The molecule has 4 nitrogen and oxygen atoms in total. The van der Waals surface area contributed by atoms with Crippen LogP contribution in [0.15, 0.2) is 23.1 Å². The van der Waals surface area contributed by atoms with Crippen LogP contribution in [-0.2, 0) is 10.0 Å². The van der Waals surface area contributed by atoms with Crippen LogP contribution in [0.25, 0.3) is 0 Å². The summed E-state index contributed by atoms with van der Waals surface area (Å²) in [5, 5.41) is 3.31. The first-order valence-corrected chi connectivity index (χ1v) is 7.94. The van der Waals surface area contributed by atoms with E-state index in [4.69, 9.17) is 11.6 Å². The van der Waals surface area contributed by atoms with Gasteiger partial charge < -0.3 is 5.32 Å². The van der Waals surface area contributed by atoms with Gasteiger partial charge >= 0.3 is 0 Å². The zero-order chi connectivity index (χ0) is 14.0. The van der Waals surface area contributed by atoms with Gasteiger partial charge in [0, 0.05) is 17.6 Å². The minimum atomic E-state index is -3.90. The Kier molecular flexibility index (Phi) is 6.22. The van der Waals surface area contributed by atoms with Gasteiger partial charge in [0.15, 0.2) is 0 Å². The van der Waals surface area contributed by atoms with Gasteiger partial charge in [-0.05, 0) is 37.1 Å². The van der Waals surface area contributed by atoms with Gasteiger partial charge in [-0.3, -0.25) is 0 Å². The minimum Gasteiger partial charge on any atom is -0.315 e. The van der Waals surface area contributed by atoms with Crippen LogP contribution in [0, 0.1) is 11.7 Å². The van der Waals surface area contributed by atoms with E-state index in [9.17, 15) is 12.8 Å². The summed E-state index contributed by atoms with van der Waals surface area (Å²) < 4.78 is 40.5. The smallest absolute Gasteiger partial charge is 0.243 e. The van der Waals surface area contributed by atoms with Crippen LogP contribution in [0.4, 0.5) is 4.39 Å². The van der Waals surface area contributed by atoms with Gasteiger partial charge in [-0.15, -0.1) is 12.4 Å². The zero-order valence-corrected chi connectivity index (χ0v) is 13.3. The molecular formula is C12H17Cl2FN2O2S. The second kappa shape index (κ2) is 7.04. The topological polar surface area (TPSA) is 58.2 Å². The molecule has 0 amide bonds. The molecule has 1 aliphatic rings. The maximum atomic E-state index is 13.6. The molecule has 114 valence electrons. The van der Waals surface area contributed by atoms with E-state index in [1.165, 1.54) is 6.07 Å². The lowest BCUT2D eigenvalue weighted by atomic mass is 9.96. The predicted octanol–water partition coefficient (Wildman–Crippen LogP) is 2.18. The van der Waals surface area contributed by atoms with E-state index in [2.05, 4.69) is 10.0 Å². The van der Waals surface area contributed by atoms with E-state index in [0.717, 1.165) is 25.1 Å². The third kappa shape index (κ3) is 4.05. The molecule has 0 radical (unpaired) electrons. The Balaban J connectivity index is 0.00000200. The SMILES string of the molecule is CC1CCNCC1NS(=O)(=O)c1cc(Cl)ccc1F.Cl. The quantitative estimate of drug-likeness (QED) is 0.885. The van der Waals surface area contributed by atoms with Crippen molar-refractivity contribution < 1.29 is 12.8 Å². The molecular weight excluding hydrogens is 326 g/mol. The third-order valence-electron chi connectivity index (χ3n) is 3.32. The summed E-state index contributed by atoms with van der Waals surface area (Å²) in [5.41, 5.74) is 0. The number of rotatable bonds is 3. The molecule has 1 heterocycles. The molecule has 1 aliphatic heterocycles. The second-order valence-corrected chi connectivity index (χ2v) is 6.89. The fourth-order valence-corrected chi connectivity index (χ4v) is 3.78. The van der Waals surface area contributed by atoms with E-state index in [1.54, 1.807) is 0 Å². The van der Waals surface area contributed by atoms with Gasteiger partial charge in [-0.1, -0.05) is 18.5 Å². The minimum absolute atomic E-state index is 0. The van der Waals surface area contributed by atoms with Gasteiger partial charge in [0.2, 0.25) is 10.0 Å². The van der Waals surface area contributed by atoms with E-state index < -0.39 is 20.7 Å². The van der Waals surface area contributed by atoms with Crippen LogP contribution in [0.5, 0.6) is 0 Å². The molecule has 0 spiro atoms. The van der Waals surface area contributed by atoms with Gasteiger partial charge in [0.25, 0.3) is 0 Å². The van der Waals surface area contributed by atoms with Crippen molar-refractivity contribution in [3.8, 4) is 0 Å². The van der Waals surface area contributed by atoms with Crippen molar-refractivity contribution in [2.75, 3.05) is 13.1 Å². The van der Waals surface area contributed by atoms with Crippen molar-refractivity contribution in [2.24, 2.45) is 5.92 Å². The van der Waals surface area contributed by atoms with Crippen molar-refractivity contribution >= 4 is 34.0 Å². The summed E-state index contributed by atoms with van der Waals surface area (Å²) in [6.07, 6.45) is 0.880. The fraction of sp³-hybridized carbons (Fsp3) is 0.500. The average Bonchev–Trinajstić information content (AvgIpc) is 2.35. The standard InChI is InChI=1S/C12H16ClFN2O2S.ClH/c1-8-4-5-15-7-11(8)16-19(17,18)12-6-9(13)2-3-10(12)14;/h2-3,6,8,11,15-16H,4-5,7H2,1H3;1H. The molecule has 0 aliphatic carbocycles. The molecule has 2 unspecified atom stereocenters. The van der Waals surface area contributed by atoms with Crippen LogP contribution in [0.2, 0.25) is 5.02 Å². The Bertz CT molecular complexity index is 569. The molecule has 0 aromatic heterocycles. The number of benzene rings is 1. The Labute approximate surface area is 129 Å². The molecule has 0 saturated carbocycles. The highest BCUT2D eigenvalue weighted by Crippen LogP contribution is 2.21. The molecule has 1 fully saturated rings. The van der Waals surface area contributed by atoms with Crippen LogP contribution in [0.1, 0.15) is 13.3 Å². The maximum absolute atomic E-state index is 13.6. The highest BCUT2D eigenvalue weighted by atomic mass is 35.5. The van der Waals surface area contributed by atoms with Crippen LogP contribution < -0.4 is 10.0 Å². The van der Waals surface area contributed by atoms with E-state index in [-0.39, 0.29) is 29.4 Å². The summed E-state index contributed by atoms with van der Waals surface area (Å²) in [6, 6.07) is 3.26. The Hall–Kier alpha value is -0.400. The Morgan fingerprint density at radius 1 is 1.45 bits per heavy atom. The first-order valence-electron chi connectivity index (χ1n) is 6.08. The number of hydrogen-bond acceptors (Lipinski definition) is 3. The highest BCUT2D eigenvalue weighted by Gasteiger charge is 2.28. The van der Waals surface area contributed by atoms with E-state index in [0.29, 0.717) is 6.54 Å². The number of sulfonamides is 1. The molecule has 2 N–H and O–H groups in total. The van der Waals surface area contributed by atoms with Crippen LogP contribution in [0.3, 0.4) is 0 Å². The first kappa shape index (κ1) is 17.7. The molecule has 1 saturated heterocycles. The van der Waals surface area contributed by atoms with Gasteiger partial charge in [0.1, 0.15) is 10.7 Å². The summed E-state index contributed by atoms with van der Waals surface area (Å²) in [4.78, 5) is -0.405. The van der Waals surface area contributed by atoms with E-state index in [1.807, 2.05) is 6.92 Å². The van der Waals surface area contributed by atoms with Gasteiger partial charge in [-0.25, -0.2) is 17.5 Å². The van der Waals surface area contributed by atoms with Crippen molar-refractivity contribution in [1.29, 1.82) is 0 Å². The monoisotopic (exact) mass is 342 g/mol. The van der Waals surface area contributed by atoms with Gasteiger partial charge in [-0.2, -0.15) is 0 Å². The Morgan fingerprint density at radius 2 is 2.15 bits per heavy atom. The number of nitrogens with one attached hydrogen (secondary N) is 2. The lowest BCUT2D eigenvalue weighted by Gasteiger charge is -2.30. The first-order chi connectivity index (χ1) is 8.90. The van der Waals surface area contributed by atoms with Crippen molar-refractivity contribution in [2.45, 2.75) is 24.3 Å². The molecule has 20 heavy (non-hydrogen) atoms. The van der Waals surface area contributed by atoms with Crippen LogP contribution >= 0.6 is 24.0 Å². The molecule has 8 heteroatoms. The number of piperidine rings is 1. The van der Waals surface area contributed by atoms with Crippen molar-refractivity contribution in [1.82, 2.24) is 10.0 Å². The number of halogens is 3. The average molecular weight is 343 g/mol. The third-order valence-corrected chi connectivity index (χ3v) is 5.06. The second-order valence-electron chi connectivity index (χ2n) is 4.77. The summed E-state index contributed by atoms with van der Waals surface area (Å²) in [6.45, 7) is 3.38. The maximum Gasteiger partial charge on any atom is 0.243 e. The van der Waals surface area contributed by atoms with Crippen molar-refractivity contribution in [3.05, 3.63) is 29.0 Å². The van der Waals surface area contributed by atoms with E-state index >= 15 is 0 Å². The van der Waals surface area contributed by atoms with Gasteiger partial charge in [0.05, 0.1) is 0 Å². The summed E-state index contributed by atoms with van der Waals surface area (Å²) in [7, 11) is -3.90. The van der Waals surface area contributed by atoms with Crippen molar-refractivity contribution in [3.63, 3.8) is 0 Å². The largest absolute Gasteiger partial charge is 0.315 e. The summed E-state index contributed by atoms with van der Waals surface area (Å²) >= 11 is 5.72. The predicted molar refractivity (Wildman–Crippen MR) is 79.4 cm³/mol. The van der Waals surface area contributed by atoms with Crippen LogP contribution in [-0.4, -0.2) is 27.5 Å². The molecule has 1 aromatic carbocycles. The zero-order valence-electron chi connectivity index (χ0n) is 10.9. The highest BCUT2D eigenvalue weighted by molar-refractivity contribution is 7.89. The summed E-state index contributed by atoms with van der Waals surface area (Å²) in [5.74, 6) is -0.591. The molecule has 0 bridgehead atoms. The lowest BCUT2D eigenvalue weighted by molar-refractivity contribution is 0.327. The molecule has 2 atom stereocenters. The molecule has 1 aromatic rings. The lowest BCUT2D eigenvalue weighted by Crippen LogP contribution is -2.50. The fourth-order valence-electron chi connectivity index (χ4n) is 2.09.